The van der Waals surface area contributed by atoms with E-state index in [0.29, 0.717) is 6.54 Å². The van der Waals surface area contributed by atoms with Crippen molar-refractivity contribution in [3.05, 3.63) is 10.6 Å². The first kappa shape index (κ1) is 12.8. The molecule has 0 fully saturated rings. The molecule has 0 rings (SSSR count). The van der Waals surface area contributed by atoms with Crippen LogP contribution in [0.15, 0.2) is 10.6 Å². The lowest BCUT2D eigenvalue weighted by atomic mass is 10.2. The first-order valence-corrected chi connectivity index (χ1v) is 4.95. The minimum atomic E-state index is -0.750. The van der Waals surface area contributed by atoms with E-state index in [9.17, 15) is 4.79 Å². The zero-order valence-corrected chi connectivity index (χ0v) is 9.10. The monoisotopic (exact) mass is 213 g/mol. The Hall–Kier alpha value is -1.15. The Bertz CT molecular complexity index is 268. The summed E-state index contributed by atoms with van der Waals surface area (Å²) in [6.07, 6.45) is 3.21. The molecule has 0 aliphatic carbocycles. The van der Waals surface area contributed by atoms with Gasteiger partial charge in [0.25, 0.3) is 5.91 Å². The van der Waals surface area contributed by atoms with Gasteiger partial charge in [-0.1, -0.05) is 19.8 Å². The van der Waals surface area contributed by atoms with Gasteiger partial charge in [0.2, 0.25) is 0 Å². The van der Waals surface area contributed by atoms with Gasteiger partial charge in [-0.3, -0.25) is 4.79 Å². The first-order chi connectivity index (χ1) is 6.63. The van der Waals surface area contributed by atoms with Crippen LogP contribution in [0.2, 0.25) is 0 Å². The number of nitrogens with one attached hydrogen (secondary N) is 1. The highest BCUT2D eigenvalue weighted by Gasteiger charge is 2.08. The zero-order valence-electron chi connectivity index (χ0n) is 8.21. The second-order valence-corrected chi connectivity index (χ2v) is 3.28. The molecule has 4 nitrogen and oxygen atoms in total. The number of primary amides is 1. The number of hydrogen-bond acceptors (Lipinski definition) is 4. The Balaban J connectivity index is 4.09. The van der Waals surface area contributed by atoms with Gasteiger partial charge in [-0.2, -0.15) is 5.26 Å². The average Bonchev–Trinajstić information content (AvgIpc) is 2.13. The molecular weight excluding hydrogens is 198 g/mol. The molecule has 0 saturated carbocycles. The van der Waals surface area contributed by atoms with Crippen molar-refractivity contribution in [3.63, 3.8) is 0 Å². The van der Waals surface area contributed by atoms with Crippen molar-refractivity contribution in [3.8, 4) is 6.07 Å². The number of nitrogens with two attached hydrogens (primary N) is 1. The topological polar surface area (TPSA) is 78.9 Å². The summed E-state index contributed by atoms with van der Waals surface area (Å²) in [6, 6.07) is 1.71. The van der Waals surface area contributed by atoms with E-state index < -0.39 is 5.91 Å². The van der Waals surface area contributed by atoms with Gasteiger partial charge >= 0.3 is 0 Å². The maximum absolute atomic E-state index is 10.7. The molecule has 0 spiro atoms. The molecule has 0 heterocycles. The molecule has 5 heteroatoms. The van der Waals surface area contributed by atoms with Crippen LogP contribution in [-0.2, 0) is 4.79 Å². The van der Waals surface area contributed by atoms with Crippen molar-refractivity contribution < 1.29 is 4.79 Å². The van der Waals surface area contributed by atoms with Crippen LogP contribution in [0.25, 0.3) is 0 Å². The Kier molecular flexibility index (Phi) is 6.68. The second kappa shape index (κ2) is 7.27. The van der Waals surface area contributed by atoms with E-state index in [2.05, 4.69) is 24.9 Å². The van der Waals surface area contributed by atoms with E-state index in [1.165, 1.54) is 0 Å². The molecule has 0 unspecified atom stereocenters. The van der Waals surface area contributed by atoms with Gasteiger partial charge in [-0.25, -0.2) is 0 Å². The van der Waals surface area contributed by atoms with Gasteiger partial charge in [-0.05, 0) is 6.42 Å². The highest BCUT2D eigenvalue weighted by Crippen LogP contribution is 2.04. The summed E-state index contributed by atoms with van der Waals surface area (Å²) in [7, 11) is 0. The molecule has 0 aromatic heterocycles. The molecule has 0 aliphatic heterocycles. The fourth-order valence-corrected chi connectivity index (χ4v) is 1.17. The molecule has 0 aromatic rings. The van der Waals surface area contributed by atoms with Crippen LogP contribution in [0.3, 0.4) is 0 Å². The van der Waals surface area contributed by atoms with Crippen molar-refractivity contribution in [2.45, 2.75) is 26.2 Å². The van der Waals surface area contributed by atoms with Gasteiger partial charge in [0, 0.05) is 6.54 Å². The minimum absolute atomic E-state index is 0.121. The maximum atomic E-state index is 10.7. The Labute approximate surface area is 89.6 Å². The minimum Gasteiger partial charge on any atom is -0.379 e. The quantitative estimate of drug-likeness (QED) is 0.266. The molecule has 0 saturated heterocycles. The smallest absolute Gasteiger partial charge is 0.262 e. The summed E-state index contributed by atoms with van der Waals surface area (Å²) in [5.41, 5.74) is 4.85. The van der Waals surface area contributed by atoms with Crippen LogP contribution in [0, 0.1) is 11.3 Å². The molecule has 0 radical (unpaired) electrons. The number of nitrogens with zero attached hydrogens (tertiary/aromatic N) is 1. The fraction of sp³-hybridized carbons (Fsp3) is 0.556. The van der Waals surface area contributed by atoms with Gasteiger partial charge < -0.3 is 11.1 Å². The van der Waals surface area contributed by atoms with Crippen LogP contribution in [0.4, 0.5) is 0 Å². The van der Waals surface area contributed by atoms with Crippen molar-refractivity contribution >= 4 is 18.5 Å². The van der Waals surface area contributed by atoms with Crippen LogP contribution in [0.5, 0.6) is 0 Å². The van der Waals surface area contributed by atoms with E-state index in [0.717, 1.165) is 19.3 Å². The van der Waals surface area contributed by atoms with Crippen molar-refractivity contribution in [2.24, 2.45) is 5.73 Å². The third kappa shape index (κ3) is 4.77. The highest BCUT2D eigenvalue weighted by molar-refractivity contribution is 7.84. The van der Waals surface area contributed by atoms with Gasteiger partial charge in [0.15, 0.2) is 0 Å². The number of amides is 1. The third-order valence-corrected chi connectivity index (χ3v) is 2.05. The predicted molar refractivity (Wildman–Crippen MR) is 58.3 cm³/mol. The van der Waals surface area contributed by atoms with E-state index in [1.54, 1.807) is 6.07 Å². The third-order valence-electron chi connectivity index (χ3n) is 1.67. The first-order valence-electron chi connectivity index (χ1n) is 4.50. The summed E-state index contributed by atoms with van der Waals surface area (Å²) in [6.45, 7) is 2.80. The lowest BCUT2D eigenvalue weighted by molar-refractivity contribution is -0.114. The number of unbranched alkanes of at least 4 members (excludes halogenated alkanes) is 2. The lowest BCUT2D eigenvalue weighted by Gasteiger charge is -2.05. The lowest BCUT2D eigenvalue weighted by Crippen LogP contribution is -2.20. The largest absolute Gasteiger partial charge is 0.379 e. The summed E-state index contributed by atoms with van der Waals surface area (Å²) in [5, 5.41) is 11.7. The number of carbonyl (C=O) groups excluding carboxylic acids is 1. The van der Waals surface area contributed by atoms with E-state index >= 15 is 0 Å². The number of hydrogen-bond donors (Lipinski definition) is 3. The molecule has 0 bridgehead atoms. The van der Waals surface area contributed by atoms with Crippen LogP contribution >= 0.6 is 12.6 Å². The Morgan fingerprint density at radius 2 is 2.21 bits per heavy atom. The van der Waals surface area contributed by atoms with Crippen molar-refractivity contribution in [1.29, 1.82) is 5.26 Å². The van der Waals surface area contributed by atoms with E-state index in [4.69, 9.17) is 11.0 Å². The number of nitriles is 1. The second-order valence-electron chi connectivity index (χ2n) is 2.83. The number of carbonyl (C=O) groups is 1. The summed E-state index contributed by atoms with van der Waals surface area (Å²) in [5.74, 6) is -0.750. The average molecular weight is 213 g/mol. The van der Waals surface area contributed by atoms with E-state index in [1.807, 2.05) is 0 Å². The normalized spacial score (nSPS) is 11.5. The maximum Gasteiger partial charge on any atom is 0.262 e. The van der Waals surface area contributed by atoms with Gasteiger partial charge in [-0.15, -0.1) is 12.6 Å². The van der Waals surface area contributed by atoms with Crippen LogP contribution < -0.4 is 11.1 Å². The molecule has 0 atom stereocenters. The van der Waals surface area contributed by atoms with Crippen LogP contribution in [-0.4, -0.2) is 12.5 Å². The molecule has 1 amide bonds. The predicted octanol–water partition coefficient (Wildman–Crippen LogP) is 0.916. The Morgan fingerprint density at radius 3 is 2.64 bits per heavy atom. The number of rotatable bonds is 6. The zero-order chi connectivity index (χ0) is 11.0. The van der Waals surface area contributed by atoms with Crippen LogP contribution in [0.1, 0.15) is 26.2 Å². The number of thiol groups is 1. The Morgan fingerprint density at radius 1 is 1.57 bits per heavy atom. The molecule has 0 aliphatic rings. The summed E-state index contributed by atoms with van der Waals surface area (Å²) in [4.78, 5) is 10.7. The summed E-state index contributed by atoms with van der Waals surface area (Å²) < 4.78 is 0. The molecule has 14 heavy (non-hydrogen) atoms. The standard InChI is InChI=1S/C9H15N3OS/c1-2-3-4-5-12-9(14)7(6-10)8(11)13/h12,14H,2-5H2,1H3,(H2,11,13)/b9-7-. The van der Waals surface area contributed by atoms with Crippen molar-refractivity contribution in [2.75, 3.05) is 6.54 Å². The molecule has 78 valence electrons. The molecular formula is C9H15N3OS. The SMILES string of the molecule is CCCCCN/C(S)=C(\C#N)C(N)=O. The highest BCUT2D eigenvalue weighted by atomic mass is 32.1. The van der Waals surface area contributed by atoms with Gasteiger partial charge in [0.05, 0.1) is 5.03 Å². The summed E-state index contributed by atoms with van der Waals surface area (Å²) >= 11 is 3.99. The molecule has 3 N–H and O–H groups in total. The fourth-order valence-electron chi connectivity index (χ4n) is 0.895. The van der Waals surface area contributed by atoms with Gasteiger partial charge in [0.1, 0.15) is 11.6 Å². The molecule has 0 aromatic carbocycles. The van der Waals surface area contributed by atoms with E-state index in [-0.39, 0.29) is 10.6 Å². The van der Waals surface area contributed by atoms with Crippen molar-refractivity contribution in [1.82, 2.24) is 5.32 Å².